The van der Waals surface area contributed by atoms with Crippen LogP contribution < -0.4 is 59.1 Å². The molecule has 0 aliphatic heterocycles. The van der Waals surface area contributed by atoms with Gasteiger partial charge >= 0.3 is 59.1 Å². The summed E-state index contributed by atoms with van der Waals surface area (Å²) < 4.78 is 34.1. The molecule has 9 heteroatoms. The number of rotatable bonds is 0. The van der Waals surface area contributed by atoms with Crippen molar-refractivity contribution in [1.82, 2.24) is 0 Å². The smallest absolute Gasteiger partial charge is 0.759 e. The van der Waals surface area contributed by atoms with Crippen molar-refractivity contribution in [2.45, 2.75) is 0 Å². The van der Waals surface area contributed by atoms with Gasteiger partial charge in [0, 0.05) is 10.4 Å². The van der Waals surface area contributed by atoms with E-state index in [4.69, 9.17) is 17.5 Å². The molecule has 0 fully saturated rings. The van der Waals surface area contributed by atoms with Crippen molar-refractivity contribution in [3.8, 4) is 0 Å². The summed E-state index contributed by atoms with van der Waals surface area (Å²) >= 11 is 0. The van der Waals surface area contributed by atoms with Crippen molar-refractivity contribution in [2.75, 3.05) is 0 Å². The van der Waals surface area contributed by atoms with Crippen molar-refractivity contribution in [3.63, 3.8) is 0 Å². The maximum atomic E-state index is 8.52. The molecule has 0 atom stereocenters. The van der Waals surface area contributed by atoms with Gasteiger partial charge < -0.3 is 20.1 Å². The molecule has 0 bridgehead atoms. The van der Waals surface area contributed by atoms with Crippen molar-refractivity contribution in [2.24, 2.45) is 0 Å². The number of hydrogen-bond acceptors (Lipinski definition) is 4. The zero-order valence-electron chi connectivity index (χ0n) is 5.04. The second-order valence-electron chi connectivity index (χ2n) is 0.408. The van der Waals surface area contributed by atoms with Crippen molar-refractivity contribution in [3.05, 3.63) is 0 Å². The Morgan fingerprint density at radius 2 is 0.889 bits per heavy atom. The molecule has 0 aliphatic rings. The maximum absolute atomic E-state index is 8.52. The van der Waals surface area contributed by atoms with E-state index in [-0.39, 0.29) is 70.1 Å². The molecule has 0 aliphatic carbocycles. The average molecular weight is 178 g/mol. The molecule has 0 aromatic rings. The SMILES string of the molecule is O.O.O=S(=O)([O-])[O-].[Na+].[Na+]. The van der Waals surface area contributed by atoms with E-state index in [9.17, 15) is 0 Å². The van der Waals surface area contributed by atoms with Crippen molar-refractivity contribution in [1.29, 1.82) is 0 Å². The van der Waals surface area contributed by atoms with Crippen molar-refractivity contribution >= 4 is 10.4 Å². The molecule has 0 heterocycles. The molecule has 4 N–H and O–H groups in total. The molecule has 9 heavy (non-hydrogen) atoms. The van der Waals surface area contributed by atoms with Gasteiger partial charge in [0.25, 0.3) is 0 Å². The first kappa shape index (κ1) is 30.8. The summed E-state index contributed by atoms with van der Waals surface area (Å²) in [5.74, 6) is 0. The fraction of sp³-hybridized carbons (Fsp3) is 0. The largest absolute Gasteiger partial charge is 1.00 e. The van der Waals surface area contributed by atoms with Gasteiger partial charge in [-0.2, -0.15) is 0 Å². The van der Waals surface area contributed by atoms with Gasteiger partial charge in [0.05, 0.1) is 0 Å². The Kier molecular flexibility index (Phi) is 42.7. The van der Waals surface area contributed by atoms with Crippen LogP contribution in [0.2, 0.25) is 0 Å². The summed E-state index contributed by atoms with van der Waals surface area (Å²) in [6.07, 6.45) is 0. The van der Waals surface area contributed by atoms with Crippen LogP contribution in [0.4, 0.5) is 0 Å². The first-order chi connectivity index (χ1) is 2.00. The van der Waals surface area contributed by atoms with E-state index < -0.39 is 10.4 Å². The van der Waals surface area contributed by atoms with Gasteiger partial charge in [0.15, 0.2) is 0 Å². The van der Waals surface area contributed by atoms with Gasteiger partial charge in [-0.05, 0) is 0 Å². The van der Waals surface area contributed by atoms with Crippen LogP contribution in [0.15, 0.2) is 0 Å². The molecular formula is H4Na2O6S. The van der Waals surface area contributed by atoms with Crippen molar-refractivity contribution < 1.29 is 87.6 Å². The van der Waals surface area contributed by atoms with Crippen LogP contribution in [-0.2, 0) is 10.4 Å². The van der Waals surface area contributed by atoms with E-state index in [1.54, 1.807) is 0 Å². The predicted octanol–water partition coefficient (Wildman–Crippen LogP) is -8.98. The Morgan fingerprint density at radius 3 is 0.889 bits per heavy atom. The molecule has 0 saturated heterocycles. The summed E-state index contributed by atoms with van der Waals surface area (Å²) in [5.41, 5.74) is 0. The molecule has 0 amide bonds. The van der Waals surface area contributed by atoms with Crippen LogP contribution in [0.5, 0.6) is 0 Å². The summed E-state index contributed by atoms with van der Waals surface area (Å²) in [4.78, 5) is 0. The van der Waals surface area contributed by atoms with Crippen LogP contribution in [-0.4, -0.2) is 28.5 Å². The fourth-order valence-corrected chi connectivity index (χ4v) is 0. The monoisotopic (exact) mass is 178 g/mol. The van der Waals surface area contributed by atoms with E-state index >= 15 is 0 Å². The van der Waals surface area contributed by atoms with Crippen LogP contribution in [0.3, 0.4) is 0 Å². The molecule has 0 radical (unpaired) electrons. The van der Waals surface area contributed by atoms with Gasteiger partial charge in [-0.1, -0.05) is 0 Å². The Morgan fingerprint density at radius 1 is 0.889 bits per heavy atom. The Bertz CT molecular complexity index is 94.2. The normalized spacial score (nSPS) is 6.44. The third-order valence-electron chi connectivity index (χ3n) is 0. The maximum Gasteiger partial charge on any atom is 1.00 e. The minimum absolute atomic E-state index is 0. The molecule has 0 rings (SSSR count). The summed E-state index contributed by atoms with van der Waals surface area (Å²) in [7, 11) is -5.17. The minimum Gasteiger partial charge on any atom is -0.759 e. The second kappa shape index (κ2) is 12.5. The topological polar surface area (TPSA) is 143 Å². The Labute approximate surface area is 96.8 Å². The van der Waals surface area contributed by atoms with E-state index in [2.05, 4.69) is 0 Å². The van der Waals surface area contributed by atoms with Gasteiger partial charge in [-0.25, -0.2) is 0 Å². The molecule has 0 aromatic carbocycles. The van der Waals surface area contributed by atoms with Crippen LogP contribution in [0, 0.1) is 0 Å². The van der Waals surface area contributed by atoms with E-state index in [0.717, 1.165) is 0 Å². The molecular weight excluding hydrogens is 174 g/mol. The molecule has 0 spiro atoms. The molecule has 0 unspecified atom stereocenters. The zero-order valence-corrected chi connectivity index (χ0v) is 9.86. The summed E-state index contributed by atoms with van der Waals surface area (Å²) in [6.45, 7) is 0. The minimum atomic E-state index is -5.17. The van der Waals surface area contributed by atoms with E-state index in [0.29, 0.717) is 0 Å². The van der Waals surface area contributed by atoms with Crippen LogP contribution in [0.25, 0.3) is 0 Å². The molecule has 0 saturated carbocycles. The fourth-order valence-electron chi connectivity index (χ4n) is 0. The molecule has 6 nitrogen and oxygen atoms in total. The predicted molar refractivity (Wildman–Crippen MR) is 17.7 cm³/mol. The first-order valence-corrected chi connectivity index (χ1v) is 2.00. The Hall–Kier alpha value is 1.79. The summed E-state index contributed by atoms with van der Waals surface area (Å²) in [6, 6.07) is 0. The van der Waals surface area contributed by atoms with E-state index in [1.165, 1.54) is 0 Å². The Balaban J connectivity index is -0.0000000133. The van der Waals surface area contributed by atoms with Gasteiger partial charge in [0.2, 0.25) is 0 Å². The molecule has 0 aromatic heterocycles. The van der Waals surface area contributed by atoms with Gasteiger partial charge in [-0.15, -0.1) is 0 Å². The summed E-state index contributed by atoms with van der Waals surface area (Å²) in [5, 5.41) is 0. The third-order valence-corrected chi connectivity index (χ3v) is 0. The molecule has 48 valence electrons. The van der Waals surface area contributed by atoms with Gasteiger partial charge in [-0.3, -0.25) is 8.42 Å². The average Bonchev–Trinajstić information content (AvgIpc) is 0.722. The second-order valence-corrected chi connectivity index (χ2v) is 1.22. The first-order valence-electron chi connectivity index (χ1n) is 0.667. The van der Waals surface area contributed by atoms with Gasteiger partial charge in [0.1, 0.15) is 0 Å². The zero-order chi connectivity index (χ0) is 4.50. The van der Waals surface area contributed by atoms with E-state index in [1.807, 2.05) is 0 Å². The third kappa shape index (κ3) is 185. The van der Waals surface area contributed by atoms with Crippen LogP contribution in [0.1, 0.15) is 0 Å². The number of hydrogen-bond donors (Lipinski definition) is 0. The van der Waals surface area contributed by atoms with Crippen LogP contribution >= 0.6 is 0 Å². The quantitative estimate of drug-likeness (QED) is 0.206. The standard InChI is InChI=1S/2Na.H2O4S.2H2O/c;;1-5(2,3)4;;/h;;(H2,1,2,3,4);2*1H2/q2*+1;;;/p-2.